The van der Waals surface area contributed by atoms with Crippen LogP contribution in [0.15, 0.2) is 42.6 Å². The average Bonchev–Trinajstić information content (AvgIpc) is 2.60. The predicted molar refractivity (Wildman–Crippen MR) is 88.7 cm³/mol. The molecular weight excluding hydrogens is 327 g/mol. The Hall–Kier alpha value is -2.96. The predicted octanol–water partition coefficient (Wildman–Crippen LogP) is 3.27. The number of carboxylic acids is 1. The topological polar surface area (TPSA) is 88.5 Å². The van der Waals surface area contributed by atoms with Gasteiger partial charge in [0.2, 0.25) is 11.8 Å². The first-order valence-corrected chi connectivity index (χ1v) is 7.90. The fraction of sp³-hybridized carbons (Fsp3) is 0.278. The molecule has 1 heterocycles. The lowest BCUT2D eigenvalue weighted by Gasteiger charge is -2.07. The van der Waals surface area contributed by atoms with Crippen LogP contribution in [0.4, 0.5) is 4.39 Å². The van der Waals surface area contributed by atoms with E-state index in [-0.39, 0.29) is 18.1 Å². The lowest BCUT2D eigenvalue weighted by atomic mass is 10.2. The summed E-state index contributed by atoms with van der Waals surface area (Å²) in [5.74, 6) is -0.465. The van der Waals surface area contributed by atoms with Crippen molar-refractivity contribution in [1.29, 1.82) is 0 Å². The summed E-state index contributed by atoms with van der Waals surface area (Å²) in [6.45, 7) is 0.335. The van der Waals surface area contributed by atoms with Gasteiger partial charge in [-0.15, -0.1) is 0 Å². The highest BCUT2D eigenvalue weighted by atomic mass is 19.1. The molecule has 0 unspecified atom stereocenters. The molecule has 1 amide bonds. The number of pyridine rings is 1. The van der Waals surface area contributed by atoms with E-state index in [4.69, 9.17) is 9.84 Å². The summed E-state index contributed by atoms with van der Waals surface area (Å²) in [7, 11) is 0. The first-order chi connectivity index (χ1) is 12.0. The van der Waals surface area contributed by atoms with Crippen molar-refractivity contribution in [2.24, 2.45) is 0 Å². The lowest BCUT2D eigenvalue weighted by Crippen LogP contribution is -2.22. The third kappa shape index (κ3) is 6.99. The number of carbonyl (C=O) groups is 2. The van der Waals surface area contributed by atoms with Crippen molar-refractivity contribution in [3.63, 3.8) is 0 Å². The summed E-state index contributed by atoms with van der Waals surface area (Å²) in [5.41, 5.74) is 0.811. The molecule has 7 heteroatoms. The maximum Gasteiger partial charge on any atom is 0.303 e. The van der Waals surface area contributed by atoms with Gasteiger partial charge in [0.15, 0.2) is 0 Å². The van der Waals surface area contributed by atoms with Crippen LogP contribution in [-0.4, -0.2) is 22.0 Å². The van der Waals surface area contributed by atoms with Gasteiger partial charge in [0.05, 0.1) is 0 Å². The number of rotatable bonds is 9. The summed E-state index contributed by atoms with van der Waals surface area (Å²) in [5, 5.41) is 11.3. The second-order valence-electron chi connectivity index (χ2n) is 5.44. The molecule has 0 aliphatic rings. The van der Waals surface area contributed by atoms with Crippen LogP contribution in [-0.2, 0) is 16.1 Å². The van der Waals surface area contributed by atoms with Gasteiger partial charge in [-0.3, -0.25) is 9.59 Å². The second kappa shape index (κ2) is 9.36. The van der Waals surface area contributed by atoms with Crippen LogP contribution < -0.4 is 10.1 Å². The van der Waals surface area contributed by atoms with E-state index < -0.39 is 5.97 Å². The van der Waals surface area contributed by atoms with Crippen LogP contribution in [0, 0.1) is 5.82 Å². The average molecular weight is 346 g/mol. The number of unbranched alkanes of at least 4 members (excludes halogenated alkanes) is 1. The number of aromatic nitrogens is 1. The Bertz CT molecular complexity index is 702. The van der Waals surface area contributed by atoms with Gasteiger partial charge in [-0.2, -0.15) is 0 Å². The van der Waals surface area contributed by atoms with Gasteiger partial charge < -0.3 is 15.2 Å². The number of nitrogens with zero attached hydrogens (tertiary/aromatic N) is 1. The summed E-state index contributed by atoms with van der Waals surface area (Å²) < 4.78 is 18.3. The summed E-state index contributed by atoms with van der Waals surface area (Å²) in [4.78, 5) is 26.2. The smallest absolute Gasteiger partial charge is 0.303 e. The SMILES string of the molecule is O=C(O)CCCCC(=O)NCc1ccc(Oc2ccc(F)cc2)nc1. The number of amides is 1. The van der Waals surface area contributed by atoms with Crippen molar-refractivity contribution in [2.75, 3.05) is 0 Å². The Kier molecular flexibility index (Phi) is 6.88. The Morgan fingerprint density at radius 3 is 2.44 bits per heavy atom. The molecule has 0 radical (unpaired) electrons. The lowest BCUT2D eigenvalue weighted by molar-refractivity contribution is -0.137. The van der Waals surface area contributed by atoms with Gasteiger partial charge in [0, 0.05) is 31.6 Å². The molecule has 0 fully saturated rings. The maximum absolute atomic E-state index is 12.8. The first-order valence-electron chi connectivity index (χ1n) is 7.90. The molecule has 2 N–H and O–H groups in total. The molecular formula is C18H19FN2O4. The van der Waals surface area contributed by atoms with Gasteiger partial charge in [-0.1, -0.05) is 6.07 Å². The minimum atomic E-state index is -0.852. The van der Waals surface area contributed by atoms with Gasteiger partial charge in [0.25, 0.3) is 0 Å². The van der Waals surface area contributed by atoms with Crippen LogP contribution in [0.25, 0.3) is 0 Å². The minimum Gasteiger partial charge on any atom is -0.481 e. The number of nitrogens with one attached hydrogen (secondary N) is 1. The van der Waals surface area contributed by atoms with E-state index in [1.54, 1.807) is 18.3 Å². The Morgan fingerprint density at radius 1 is 1.08 bits per heavy atom. The van der Waals surface area contributed by atoms with Gasteiger partial charge in [0.1, 0.15) is 11.6 Å². The fourth-order valence-electron chi connectivity index (χ4n) is 2.05. The van der Waals surface area contributed by atoms with Gasteiger partial charge in [-0.05, 0) is 42.7 Å². The monoisotopic (exact) mass is 346 g/mol. The molecule has 2 aromatic rings. The highest BCUT2D eigenvalue weighted by Gasteiger charge is 2.04. The highest BCUT2D eigenvalue weighted by Crippen LogP contribution is 2.19. The summed E-state index contributed by atoms with van der Waals surface area (Å²) >= 11 is 0. The van der Waals surface area contributed by atoms with E-state index >= 15 is 0 Å². The maximum atomic E-state index is 12.8. The van der Waals surface area contributed by atoms with Crippen LogP contribution >= 0.6 is 0 Å². The van der Waals surface area contributed by atoms with E-state index in [1.165, 1.54) is 24.3 Å². The zero-order chi connectivity index (χ0) is 18.1. The second-order valence-corrected chi connectivity index (χ2v) is 5.44. The molecule has 0 saturated heterocycles. The van der Waals surface area contributed by atoms with E-state index in [1.807, 2.05) is 0 Å². The number of aliphatic carboxylic acids is 1. The van der Waals surface area contributed by atoms with Crippen molar-refractivity contribution in [3.05, 3.63) is 54.0 Å². The number of halogens is 1. The third-order valence-electron chi connectivity index (χ3n) is 3.37. The first kappa shape index (κ1) is 18.4. The minimum absolute atomic E-state index is 0.0761. The number of ether oxygens (including phenoxy) is 1. The molecule has 0 saturated carbocycles. The quantitative estimate of drug-likeness (QED) is 0.680. The molecule has 132 valence electrons. The molecule has 2 rings (SSSR count). The van der Waals surface area contributed by atoms with Crippen molar-refractivity contribution in [3.8, 4) is 11.6 Å². The van der Waals surface area contributed by atoms with Crippen LogP contribution in [0.1, 0.15) is 31.2 Å². The molecule has 0 spiro atoms. The number of hydrogen-bond donors (Lipinski definition) is 2. The fourth-order valence-corrected chi connectivity index (χ4v) is 2.05. The van der Waals surface area contributed by atoms with E-state index in [2.05, 4.69) is 10.3 Å². The van der Waals surface area contributed by atoms with Crippen LogP contribution in [0.3, 0.4) is 0 Å². The molecule has 0 aliphatic carbocycles. The van der Waals surface area contributed by atoms with Crippen molar-refractivity contribution < 1.29 is 23.8 Å². The number of carboxylic acid groups (broad SMARTS) is 1. The molecule has 6 nitrogen and oxygen atoms in total. The Balaban J connectivity index is 1.73. The summed E-state index contributed by atoms with van der Waals surface area (Å²) in [6.07, 6.45) is 2.99. The third-order valence-corrected chi connectivity index (χ3v) is 3.37. The summed E-state index contributed by atoms with van der Waals surface area (Å²) in [6, 6.07) is 9.06. The molecule has 0 atom stereocenters. The number of carbonyl (C=O) groups excluding carboxylic acids is 1. The van der Waals surface area contributed by atoms with E-state index in [0.717, 1.165) is 5.56 Å². The molecule has 1 aromatic carbocycles. The molecule has 1 aromatic heterocycles. The largest absolute Gasteiger partial charge is 0.481 e. The van der Waals surface area contributed by atoms with E-state index in [9.17, 15) is 14.0 Å². The molecule has 25 heavy (non-hydrogen) atoms. The zero-order valence-electron chi connectivity index (χ0n) is 13.6. The van der Waals surface area contributed by atoms with Crippen molar-refractivity contribution >= 4 is 11.9 Å². The number of benzene rings is 1. The normalized spacial score (nSPS) is 10.3. The van der Waals surface area contributed by atoms with Crippen molar-refractivity contribution in [2.45, 2.75) is 32.2 Å². The number of hydrogen-bond acceptors (Lipinski definition) is 4. The van der Waals surface area contributed by atoms with Gasteiger partial charge in [-0.25, -0.2) is 9.37 Å². The van der Waals surface area contributed by atoms with Crippen LogP contribution in [0.2, 0.25) is 0 Å². The zero-order valence-corrected chi connectivity index (χ0v) is 13.6. The van der Waals surface area contributed by atoms with Crippen molar-refractivity contribution in [1.82, 2.24) is 10.3 Å². The molecule has 0 bridgehead atoms. The standard InChI is InChI=1S/C18H19FN2O4/c19-14-6-8-15(9-7-14)25-17-10-5-13(12-21-17)11-20-16(22)3-1-2-4-18(23)24/h5-10,12H,1-4,11H2,(H,20,22)(H,23,24). The van der Waals surface area contributed by atoms with Gasteiger partial charge >= 0.3 is 5.97 Å². The highest BCUT2D eigenvalue weighted by molar-refractivity contribution is 5.75. The Morgan fingerprint density at radius 2 is 1.80 bits per heavy atom. The van der Waals surface area contributed by atoms with E-state index in [0.29, 0.717) is 37.4 Å². The Labute approximate surface area is 144 Å². The molecule has 0 aliphatic heterocycles. The van der Waals surface area contributed by atoms with Crippen LogP contribution in [0.5, 0.6) is 11.6 Å².